The van der Waals surface area contributed by atoms with E-state index in [1.165, 1.54) is 11.1 Å². The number of rotatable bonds is 7. The molecule has 3 heteroatoms. The Kier molecular flexibility index (Phi) is 6.27. The standard InChI is InChI=1S/C18H22BrNO/c1-20-13-15(10-14-6-4-3-5-7-14)11-16-12-17(19)8-9-18(16)21-2/h3-9,12,15,20H,10-11,13H2,1-2H3. The third-order valence-electron chi connectivity index (χ3n) is 3.61. The average Bonchev–Trinajstić information content (AvgIpc) is 2.49. The highest BCUT2D eigenvalue weighted by molar-refractivity contribution is 9.10. The molecule has 0 bridgehead atoms. The van der Waals surface area contributed by atoms with Gasteiger partial charge in [0.2, 0.25) is 0 Å². The summed E-state index contributed by atoms with van der Waals surface area (Å²) in [6, 6.07) is 16.9. The van der Waals surface area contributed by atoms with Crippen molar-refractivity contribution in [2.45, 2.75) is 12.8 Å². The Morgan fingerprint density at radius 1 is 1.10 bits per heavy atom. The van der Waals surface area contributed by atoms with E-state index in [0.717, 1.165) is 29.6 Å². The van der Waals surface area contributed by atoms with E-state index in [-0.39, 0.29) is 0 Å². The van der Waals surface area contributed by atoms with Crippen LogP contribution in [0.4, 0.5) is 0 Å². The van der Waals surface area contributed by atoms with Crippen molar-refractivity contribution in [1.82, 2.24) is 5.32 Å². The highest BCUT2D eigenvalue weighted by Crippen LogP contribution is 2.26. The molecule has 0 aliphatic rings. The van der Waals surface area contributed by atoms with E-state index in [9.17, 15) is 0 Å². The zero-order valence-corrected chi connectivity index (χ0v) is 14.2. The highest BCUT2D eigenvalue weighted by Gasteiger charge is 2.13. The van der Waals surface area contributed by atoms with Gasteiger partial charge in [-0.3, -0.25) is 0 Å². The lowest BCUT2D eigenvalue weighted by atomic mass is 9.92. The number of hydrogen-bond acceptors (Lipinski definition) is 2. The van der Waals surface area contributed by atoms with Crippen LogP contribution in [0.25, 0.3) is 0 Å². The zero-order chi connectivity index (χ0) is 15.1. The second-order valence-electron chi connectivity index (χ2n) is 5.27. The molecule has 0 saturated heterocycles. The number of benzene rings is 2. The van der Waals surface area contributed by atoms with Gasteiger partial charge < -0.3 is 10.1 Å². The quantitative estimate of drug-likeness (QED) is 0.814. The maximum absolute atomic E-state index is 5.49. The molecule has 0 heterocycles. The van der Waals surface area contributed by atoms with Crippen LogP contribution < -0.4 is 10.1 Å². The van der Waals surface area contributed by atoms with Crippen molar-refractivity contribution < 1.29 is 4.74 Å². The van der Waals surface area contributed by atoms with Crippen LogP contribution in [-0.4, -0.2) is 20.7 Å². The van der Waals surface area contributed by atoms with E-state index in [2.05, 4.69) is 57.6 Å². The predicted octanol–water partition coefficient (Wildman–Crippen LogP) is 4.08. The summed E-state index contributed by atoms with van der Waals surface area (Å²) in [5.41, 5.74) is 2.63. The lowest BCUT2D eigenvalue weighted by Crippen LogP contribution is -2.23. The van der Waals surface area contributed by atoms with Crippen LogP contribution in [0.3, 0.4) is 0 Å². The number of ether oxygens (including phenoxy) is 1. The van der Waals surface area contributed by atoms with E-state index in [4.69, 9.17) is 4.74 Å². The molecule has 0 spiro atoms. The predicted molar refractivity (Wildman–Crippen MR) is 92.0 cm³/mol. The van der Waals surface area contributed by atoms with E-state index >= 15 is 0 Å². The zero-order valence-electron chi connectivity index (χ0n) is 12.6. The van der Waals surface area contributed by atoms with Crippen molar-refractivity contribution >= 4 is 15.9 Å². The summed E-state index contributed by atoms with van der Waals surface area (Å²) >= 11 is 3.55. The molecule has 1 atom stereocenters. The first-order valence-corrected chi connectivity index (χ1v) is 8.03. The summed E-state index contributed by atoms with van der Waals surface area (Å²) in [6.07, 6.45) is 2.07. The number of hydrogen-bond donors (Lipinski definition) is 1. The van der Waals surface area contributed by atoms with E-state index < -0.39 is 0 Å². The lowest BCUT2D eigenvalue weighted by Gasteiger charge is -2.18. The maximum atomic E-state index is 5.49. The van der Waals surface area contributed by atoms with E-state index in [1.54, 1.807) is 7.11 Å². The molecule has 2 aromatic carbocycles. The fourth-order valence-corrected chi connectivity index (χ4v) is 3.08. The van der Waals surface area contributed by atoms with Crippen LogP contribution in [0.1, 0.15) is 11.1 Å². The topological polar surface area (TPSA) is 21.3 Å². The third kappa shape index (κ3) is 4.87. The Balaban J connectivity index is 2.14. The summed E-state index contributed by atoms with van der Waals surface area (Å²) in [5.74, 6) is 1.51. The van der Waals surface area contributed by atoms with Gasteiger partial charge in [-0.2, -0.15) is 0 Å². The molecule has 2 aromatic rings. The first-order valence-electron chi connectivity index (χ1n) is 7.24. The van der Waals surface area contributed by atoms with Gasteiger partial charge in [0, 0.05) is 4.47 Å². The second-order valence-corrected chi connectivity index (χ2v) is 6.19. The third-order valence-corrected chi connectivity index (χ3v) is 4.10. The molecule has 1 N–H and O–H groups in total. The first kappa shape index (κ1) is 16.1. The van der Waals surface area contributed by atoms with E-state index in [0.29, 0.717) is 5.92 Å². The van der Waals surface area contributed by atoms with Gasteiger partial charge in [-0.1, -0.05) is 46.3 Å². The minimum Gasteiger partial charge on any atom is -0.496 e. The highest BCUT2D eigenvalue weighted by atomic mass is 79.9. The van der Waals surface area contributed by atoms with Gasteiger partial charge in [0.15, 0.2) is 0 Å². The molecular weight excluding hydrogens is 326 g/mol. The van der Waals surface area contributed by atoms with Crippen LogP contribution in [-0.2, 0) is 12.8 Å². The fraction of sp³-hybridized carbons (Fsp3) is 0.333. The Morgan fingerprint density at radius 2 is 1.86 bits per heavy atom. The van der Waals surface area contributed by atoms with Crippen LogP contribution >= 0.6 is 15.9 Å². The van der Waals surface area contributed by atoms with Gasteiger partial charge in [0.05, 0.1) is 7.11 Å². The maximum Gasteiger partial charge on any atom is 0.122 e. The molecule has 112 valence electrons. The molecule has 0 amide bonds. The Morgan fingerprint density at radius 3 is 2.52 bits per heavy atom. The van der Waals surface area contributed by atoms with E-state index in [1.807, 2.05) is 19.2 Å². The van der Waals surface area contributed by atoms with Gasteiger partial charge >= 0.3 is 0 Å². The smallest absolute Gasteiger partial charge is 0.122 e. The van der Waals surface area contributed by atoms with Crippen molar-refractivity contribution in [3.05, 3.63) is 64.1 Å². The molecular formula is C18H22BrNO. The van der Waals surface area contributed by atoms with Crippen LogP contribution in [0.5, 0.6) is 5.75 Å². The minimum absolute atomic E-state index is 0.542. The Labute approximate surface area is 135 Å². The average molecular weight is 348 g/mol. The minimum atomic E-state index is 0.542. The molecule has 0 aliphatic heterocycles. The van der Waals surface area contributed by atoms with Crippen molar-refractivity contribution in [2.75, 3.05) is 20.7 Å². The van der Waals surface area contributed by atoms with Gasteiger partial charge in [-0.25, -0.2) is 0 Å². The lowest BCUT2D eigenvalue weighted by molar-refractivity contribution is 0.401. The van der Waals surface area contributed by atoms with Crippen molar-refractivity contribution in [3.63, 3.8) is 0 Å². The fourth-order valence-electron chi connectivity index (χ4n) is 2.67. The van der Waals surface area contributed by atoms with Crippen LogP contribution in [0, 0.1) is 5.92 Å². The molecule has 2 nitrogen and oxygen atoms in total. The van der Waals surface area contributed by atoms with Crippen LogP contribution in [0.15, 0.2) is 53.0 Å². The van der Waals surface area contributed by atoms with Crippen molar-refractivity contribution in [1.29, 1.82) is 0 Å². The summed E-state index contributed by atoms with van der Waals surface area (Å²) in [4.78, 5) is 0. The first-order chi connectivity index (χ1) is 10.2. The second kappa shape index (κ2) is 8.20. The number of nitrogens with one attached hydrogen (secondary N) is 1. The molecule has 0 aromatic heterocycles. The Bertz CT molecular complexity index is 556. The molecule has 0 aliphatic carbocycles. The molecule has 2 rings (SSSR count). The van der Waals surface area contributed by atoms with Crippen LogP contribution in [0.2, 0.25) is 0 Å². The van der Waals surface area contributed by atoms with Gasteiger partial charge in [-0.15, -0.1) is 0 Å². The SMILES string of the molecule is CNCC(Cc1ccccc1)Cc1cc(Br)ccc1OC. The molecule has 0 fully saturated rings. The monoisotopic (exact) mass is 347 g/mol. The summed E-state index contributed by atoms with van der Waals surface area (Å²) in [6.45, 7) is 0.991. The molecule has 21 heavy (non-hydrogen) atoms. The molecule has 0 radical (unpaired) electrons. The summed E-state index contributed by atoms with van der Waals surface area (Å²) in [5, 5.41) is 3.31. The van der Waals surface area contributed by atoms with Crippen molar-refractivity contribution in [3.8, 4) is 5.75 Å². The molecule has 0 saturated carbocycles. The number of halogens is 1. The molecule has 1 unspecified atom stereocenters. The van der Waals surface area contributed by atoms with Gasteiger partial charge in [0.1, 0.15) is 5.75 Å². The summed E-state index contributed by atoms with van der Waals surface area (Å²) < 4.78 is 6.59. The van der Waals surface area contributed by atoms with Gasteiger partial charge in [-0.05, 0) is 61.7 Å². The number of methoxy groups -OCH3 is 1. The van der Waals surface area contributed by atoms with Crippen molar-refractivity contribution in [2.24, 2.45) is 5.92 Å². The summed E-state index contributed by atoms with van der Waals surface area (Å²) in [7, 11) is 3.74. The Hall–Kier alpha value is -1.32. The van der Waals surface area contributed by atoms with Gasteiger partial charge in [0.25, 0.3) is 0 Å². The largest absolute Gasteiger partial charge is 0.496 e. The normalized spacial score (nSPS) is 12.1.